The molecule has 2 rings (SSSR count). The summed E-state index contributed by atoms with van der Waals surface area (Å²) in [4.78, 5) is 3.98. The minimum atomic E-state index is -1.01. The first kappa shape index (κ1) is 20.1. The molecule has 8 heteroatoms. The predicted molar refractivity (Wildman–Crippen MR) is 99.8 cm³/mol. The van der Waals surface area contributed by atoms with Crippen LogP contribution < -0.4 is 15.8 Å². The zero-order valence-electron chi connectivity index (χ0n) is 12.7. The molecule has 0 saturated carbocycles. The lowest BCUT2D eigenvalue weighted by Gasteiger charge is -2.11. The first-order valence-electron chi connectivity index (χ1n) is 6.92. The Morgan fingerprint density at radius 2 is 1.88 bits per heavy atom. The van der Waals surface area contributed by atoms with Crippen molar-refractivity contribution < 1.29 is 18.6 Å². The standard InChI is InChI=1S/C16H17F2N3O2.HI/c17-14-7-6-13(8-15(14)18)23-10-12(22)9-20-16(19)21-11-4-2-1-3-5-11;/h1-8,12,22H,9-10H2,(H3,19,20,21);1H. The Morgan fingerprint density at radius 1 is 1.17 bits per heavy atom. The van der Waals surface area contributed by atoms with Crippen LogP contribution in [0.15, 0.2) is 53.5 Å². The van der Waals surface area contributed by atoms with E-state index in [9.17, 15) is 13.9 Å². The third-order valence-corrected chi connectivity index (χ3v) is 2.85. The summed E-state index contributed by atoms with van der Waals surface area (Å²) >= 11 is 0. The van der Waals surface area contributed by atoms with Crippen molar-refractivity contribution in [3.63, 3.8) is 0 Å². The van der Waals surface area contributed by atoms with Gasteiger partial charge >= 0.3 is 0 Å². The summed E-state index contributed by atoms with van der Waals surface area (Å²) in [6.45, 7) is -0.109. The maximum atomic E-state index is 13.0. The number of hydrogen-bond acceptors (Lipinski definition) is 3. The van der Waals surface area contributed by atoms with Gasteiger partial charge in [-0.1, -0.05) is 18.2 Å². The van der Waals surface area contributed by atoms with Crippen LogP contribution in [0, 0.1) is 11.6 Å². The van der Waals surface area contributed by atoms with Crippen LogP contribution in [0.4, 0.5) is 14.5 Å². The van der Waals surface area contributed by atoms with E-state index < -0.39 is 17.7 Å². The zero-order chi connectivity index (χ0) is 16.7. The van der Waals surface area contributed by atoms with Crippen molar-refractivity contribution in [3.05, 3.63) is 60.2 Å². The Balaban J connectivity index is 0.00000288. The summed E-state index contributed by atoms with van der Waals surface area (Å²) in [5.41, 5.74) is 6.47. The number of nitrogens with two attached hydrogens (primary N) is 1. The number of aliphatic hydroxyl groups is 1. The summed E-state index contributed by atoms with van der Waals surface area (Å²) < 4.78 is 30.9. The van der Waals surface area contributed by atoms with Crippen LogP contribution in [0.3, 0.4) is 0 Å². The quantitative estimate of drug-likeness (QED) is 0.360. The number of aliphatic imine (C=N–C) groups is 1. The monoisotopic (exact) mass is 449 g/mol. The molecule has 1 atom stereocenters. The number of rotatable bonds is 6. The fraction of sp³-hybridized carbons (Fsp3) is 0.188. The summed E-state index contributed by atoms with van der Waals surface area (Å²) in [7, 11) is 0. The first-order chi connectivity index (χ1) is 11.0. The highest BCUT2D eigenvalue weighted by Gasteiger charge is 2.07. The smallest absolute Gasteiger partial charge is 0.193 e. The highest BCUT2D eigenvalue weighted by atomic mass is 127. The van der Waals surface area contributed by atoms with Gasteiger partial charge in [0.1, 0.15) is 18.5 Å². The third kappa shape index (κ3) is 6.67. The van der Waals surface area contributed by atoms with Gasteiger partial charge in [-0.05, 0) is 24.3 Å². The number of guanidine groups is 1. The van der Waals surface area contributed by atoms with Gasteiger partial charge < -0.3 is 20.9 Å². The number of ether oxygens (including phenoxy) is 1. The number of anilines is 1. The summed E-state index contributed by atoms with van der Waals surface area (Å²) in [5.74, 6) is -1.68. The molecule has 4 N–H and O–H groups in total. The minimum Gasteiger partial charge on any atom is -0.491 e. The summed E-state index contributed by atoms with van der Waals surface area (Å²) in [6.07, 6.45) is -0.931. The van der Waals surface area contributed by atoms with E-state index >= 15 is 0 Å². The Hall–Kier alpha value is -1.94. The molecule has 0 bridgehead atoms. The first-order valence-corrected chi connectivity index (χ1v) is 6.92. The molecule has 2 aromatic rings. The normalized spacial score (nSPS) is 12.2. The van der Waals surface area contributed by atoms with Gasteiger partial charge in [0.15, 0.2) is 17.6 Å². The predicted octanol–water partition coefficient (Wildman–Crippen LogP) is 2.75. The molecular formula is C16H18F2IN3O2. The van der Waals surface area contributed by atoms with Crippen LogP contribution >= 0.6 is 24.0 Å². The van der Waals surface area contributed by atoms with Gasteiger partial charge in [0, 0.05) is 11.8 Å². The molecule has 2 aromatic carbocycles. The molecule has 0 heterocycles. The molecule has 0 saturated heterocycles. The van der Waals surface area contributed by atoms with Crippen LogP contribution in [-0.4, -0.2) is 30.3 Å². The highest BCUT2D eigenvalue weighted by molar-refractivity contribution is 14.0. The molecule has 1 unspecified atom stereocenters. The maximum absolute atomic E-state index is 13.0. The average Bonchev–Trinajstić information content (AvgIpc) is 2.55. The Bertz CT molecular complexity index is 672. The number of nitrogens with one attached hydrogen (secondary N) is 1. The van der Waals surface area contributed by atoms with Gasteiger partial charge in [0.05, 0.1) is 6.54 Å². The maximum Gasteiger partial charge on any atom is 0.193 e. The minimum absolute atomic E-state index is 0. The van der Waals surface area contributed by atoms with Crippen molar-refractivity contribution in [1.29, 1.82) is 0 Å². The van der Waals surface area contributed by atoms with Crippen molar-refractivity contribution in [2.24, 2.45) is 10.7 Å². The van der Waals surface area contributed by atoms with Crippen molar-refractivity contribution in [2.45, 2.75) is 6.10 Å². The van der Waals surface area contributed by atoms with Crippen molar-refractivity contribution in [1.82, 2.24) is 0 Å². The lowest BCUT2D eigenvalue weighted by Crippen LogP contribution is -2.27. The van der Waals surface area contributed by atoms with Gasteiger partial charge in [-0.15, -0.1) is 24.0 Å². The van der Waals surface area contributed by atoms with Gasteiger partial charge in [0.2, 0.25) is 0 Å². The number of hydrogen-bond donors (Lipinski definition) is 3. The number of benzene rings is 2. The Kier molecular flexibility index (Phi) is 8.41. The number of aliphatic hydroxyl groups excluding tert-OH is 1. The second-order valence-electron chi connectivity index (χ2n) is 4.76. The van der Waals surface area contributed by atoms with E-state index in [1.54, 1.807) is 0 Å². The van der Waals surface area contributed by atoms with Crippen LogP contribution in [0.5, 0.6) is 5.75 Å². The van der Waals surface area contributed by atoms with E-state index in [0.29, 0.717) is 0 Å². The molecule has 24 heavy (non-hydrogen) atoms. The van der Waals surface area contributed by atoms with Crippen LogP contribution in [0.1, 0.15) is 0 Å². The Morgan fingerprint density at radius 3 is 2.54 bits per heavy atom. The number of para-hydroxylation sites is 1. The Labute approximate surface area is 155 Å². The van der Waals surface area contributed by atoms with Crippen molar-refractivity contribution in [2.75, 3.05) is 18.5 Å². The average molecular weight is 449 g/mol. The van der Waals surface area contributed by atoms with Gasteiger partial charge in [-0.25, -0.2) is 8.78 Å². The van der Waals surface area contributed by atoms with E-state index in [2.05, 4.69) is 10.3 Å². The molecule has 0 amide bonds. The zero-order valence-corrected chi connectivity index (χ0v) is 15.0. The van der Waals surface area contributed by atoms with Crippen LogP contribution in [0.2, 0.25) is 0 Å². The van der Waals surface area contributed by atoms with Crippen LogP contribution in [-0.2, 0) is 0 Å². The SMILES string of the molecule is I.NC(=NCC(O)COc1ccc(F)c(F)c1)Nc1ccccc1. The van der Waals surface area contributed by atoms with Gasteiger partial charge in [-0.3, -0.25) is 4.99 Å². The second-order valence-corrected chi connectivity index (χ2v) is 4.76. The fourth-order valence-electron chi connectivity index (χ4n) is 1.72. The summed E-state index contributed by atoms with van der Waals surface area (Å²) in [5, 5.41) is 12.6. The van der Waals surface area contributed by atoms with Crippen molar-refractivity contribution >= 4 is 35.6 Å². The third-order valence-electron chi connectivity index (χ3n) is 2.85. The number of nitrogens with zero attached hydrogens (tertiary/aromatic N) is 1. The topological polar surface area (TPSA) is 79.9 Å². The molecule has 0 aromatic heterocycles. The fourth-order valence-corrected chi connectivity index (χ4v) is 1.72. The van der Waals surface area contributed by atoms with Gasteiger partial charge in [-0.2, -0.15) is 0 Å². The largest absolute Gasteiger partial charge is 0.491 e. The van der Waals surface area contributed by atoms with Crippen LogP contribution in [0.25, 0.3) is 0 Å². The molecule has 0 spiro atoms. The number of halogens is 3. The van der Waals surface area contributed by atoms with Crippen molar-refractivity contribution in [3.8, 4) is 5.75 Å². The van der Waals surface area contributed by atoms with E-state index in [1.165, 1.54) is 6.07 Å². The second kappa shape index (κ2) is 10.0. The van der Waals surface area contributed by atoms with E-state index in [4.69, 9.17) is 10.5 Å². The molecule has 0 aliphatic carbocycles. The molecule has 0 fully saturated rings. The molecular weight excluding hydrogens is 431 g/mol. The summed E-state index contributed by atoms with van der Waals surface area (Å²) in [6, 6.07) is 12.4. The van der Waals surface area contributed by atoms with Gasteiger partial charge in [0.25, 0.3) is 0 Å². The van der Waals surface area contributed by atoms with E-state index in [-0.39, 0.29) is 48.8 Å². The lowest BCUT2D eigenvalue weighted by molar-refractivity contribution is 0.114. The molecule has 5 nitrogen and oxygen atoms in total. The van der Waals surface area contributed by atoms with E-state index in [0.717, 1.165) is 17.8 Å². The molecule has 130 valence electrons. The van der Waals surface area contributed by atoms with E-state index in [1.807, 2.05) is 30.3 Å². The molecule has 0 aliphatic heterocycles. The molecule has 0 radical (unpaired) electrons. The lowest BCUT2D eigenvalue weighted by atomic mass is 10.3. The molecule has 0 aliphatic rings. The highest BCUT2D eigenvalue weighted by Crippen LogP contribution is 2.15.